The van der Waals surface area contributed by atoms with Gasteiger partial charge in [0.1, 0.15) is 12.4 Å². The fraction of sp³-hybridized carbons (Fsp3) is 0.0476. The molecule has 1 amide bonds. The Morgan fingerprint density at radius 3 is 2.46 bits per heavy atom. The van der Waals surface area contributed by atoms with Crippen LogP contribution in [0.15, 0.2) is 84.0 Å². The fourth-order valence-corrected chi connectivity index (χ4v) is 2.50. The molecule has 0 aliphatic rings. The monoisotopic (exact) mass is 364 g/mol. The highest BCUT2D eigenvalue weighted by atomic mass is 35.5. The summed E-state index contributed by atoms with van der Waals surface area (Å²) in [4.78, 5) is 12.4. The van der Waals surface area contributed by atoms with Crippen LogP contribution in [0.4, 0.5) is 0 Å². The van der Waals surface area contributed by atoms with Crippen molar-refractivity contribution >= 4 is 23.7 Å². The van der Waals surface area contributed by atoms with E-state index in [-0.39, 0.29) is 5.91 Å². The molecule has 0 heterocycles. The fourth-order valence-electron chi connectivity index (χ4n) is 2.32. The Morgan fingerprint density at radius 2 is 1.65 bits per heavy atom. The van der Waals surface area contributed by atoms with Gasteiger partial charge in [-0.15, -0.1) is 0 Å². The molecule has 0 bridgehead atoms. The van der Waals surface area contributed by atoms with E-state index in [1.54, 1.807) is 24.3 Å². The van der Waals surface area contributed by atoms with Gasteiger partial charge in [-0.1, -0.05) is 72.3 Å². The molecule has 1 N–H and O–H groups in total. The van der Waals surface area contributed by atoms with Crippen molar-refractivity contribution in [3.8, 4) is 5.75 Å². The van der Waals surface area contributed by atoms with Crippen LogP contribution in [0, 0.1) is 0 Å². The number of nitrogens with zero attached hydrogens (tertiary/aromatic N) is 1. The van der Waals surface area contributed by atoms with Gasteiger partial charge in [0.15, 0.2) is 0 Å². The molecule has 0 saturated heterocycles. The normalized spacial score (nSPS) is 10.7. The summed E-state index contributed by atoms with van der Waals surface area (Å²) in [6.07, 6.45) is 1.51. The zero-order valence-corrected chi connectivity index (χ0v) is 14.7. The van der Waals surface area contributed by atoms with E-state index < -0.39 is 0 Å². The number of nitrogens with one attached hydrogen (secondary N) is 1. The van der Waals surface area contributed by atoms with Crippen molar-refractivity contribution in [2.24, 2.45) is 5.10 Å². The molecule has 4 nitrogen and oxygen atoms in total. The summed E-state index contributed by atoms with van der Waals surface area (Å²) < 4.78 is 5.79. The number of rotatable bonds is 6. The van der Waals surface area contributed by atoms with Gasteiger partial charge in [-0.3, -0.25) is 4.79 Å². The van der Waals surface area contributed by atoms with Gasteiger partial charge < -0.3 is 4.74 Å². The average Bonchev–Trinajstić information content (AvgIpc) is 2.69. The smallest absolute Gasteiger partial charge is 0.275 e. The third-order valence-electron chi connectivity index (χ3n) is 3.64. The Morgan fingerprint density at radius 1 is 0.962 bits per heavy atom. The standard InChI is InChI=1S/C21H17ClN2O2/c22-19-12-6-4-10-17(19)14-23-24-21(25)18-11-5-7-13-20(18)26-15-16-8-2-1-3-9-16/h1-14H,15H2,(H,24,25)/b23-14+. The number of ether oxygens (including phenoxy) is 1. The van der Waals surface area contributed by atoms with Crippen LogP contribution in [-0.2, 0) is 6.61 Å². The predicted octanol–water partition coefficient (Wildman–Crippen LogP) is 4.68. The number of halogens is 1. The van der Waals surface area contributed by atoms with Gasteiger partial charge >= 0.3 is 0 Å². The maximum Gasteiger partial charge on any atom is 0.275 e. The minimum atomic E-state index is -0.350. The molecule has 26 heavy (non-hydrogen) atoms. The number of benzene rings is 3. The maximum absolute atomic E-state index is 12.4. The van der Waals surface area contributed by atoms with E-state index >= 15 is 0 Å². The lowest BCUT2D eigenvalue weighted by Gasteiger charge is -2.10. The second-order valence-corrected chi connectivity index (χ2v) is 5.90. The van der Waals surface area contributed by atoms with Gasteiger partial charge in [-0.05, 0) is 23.8 Å². The highest BCUT2D eigenvalue weighted by molar-refractivity contribution is 6.33. The molecule has 3 aromatic rings. The summed E-state index contributed by atoms with van der Waals surface area (Å²) in [6.45, 7) is 0.383. The van der Waals surface area contributed by atoms with E-state index in [9.17, 15) is 4.79 Å². The number of hydrazone groups is 1. The van der Waals surface area contributed by atoms with Crippen molar-refractivity contribution in [3.63, 3.8) is 0 Å². The van der Waals surface area contributed by atoms with Crippen molar-refractivity contribution in [1.82, 2.24) is 5.43 Å². The second-order valence-electron chi connectivity index (χ2n) is 5.49. The van der Waals surface area contributed by atoms with Gasteiger partial charge in [0.05, 0.1) is 11.8 Å². The highest BCUT2D eigenvalue weighted by Crippen LogP contribution is 2.19. The van der Waals surface area contributed by atoms with Crippen LogP contribution in [0.1, 0.15) is 21.5 Å². The molecule has 0 saturated carbocycles. The van der Waals surface area contributed by atoms with E-state index in [4.69, 9.17) is 16.3 Å². The quantitative estimate of drug-likeness (QED) is 0.510. The van der Waals surface area contributed by atoms with Crippen LogP contribution in [-0.4, -0.2) is 12.1 Å². The molecule has 5 heteroatoms. The Balaban J connectivity index is 1.67. The Kier molecular flexibility index (Phi) is 6.01. The van der Waals surface area contributed by atoms with E-state index in [1.807, 2.05) is 54.6 Å². The summed E-state index contributed by atoms with van der Waals surface area (Å²) in [7, 11) is 0. The van der Waals surface area contributed by atoms with Crippen LogP contribution < -0.4 is 10.2 Å². The van der Waals surface area contributed by atoms with Gasteiger partial charge in [0.25, 0.3) is 5.91 Å². The lowest BCUT2D eigenvalue weighted by atomic mass is 10.2. The van der Waals surface area contributed by atoms with Crippen LogP contribution in [0.5, 0.6) is 5.75 Å². The molecule has 130 valence electrons. The lowest BCUT2D eigenvalue weighted by Crippen LogP contribution is -2.18. The number of carbonyl (C=O) groups excluding carboxylic acids is 1. The zero-order chi connectivity index (χ0) is 18.2. The zero-order valence-electron chi connectivity index (χ0n) is 13.9. The molecular weight excluding hydrogens is 348 g/mol. The first-order chi connectivity index (χ1) is 12.7. The molecule has 0 atom stereocenters. The van der Waals surface area contributed by atoms with E-state index in [0.29, 0.717) is 22.9 Å². The van der Waals surface area contributed by atoms with Crippen LogP contribution in [0.25, 0.3) is 0 Å². The number of para-hydroxylation sites is 1. The van der Waals surface area contributed by atoms with Gasteiger partial charge in [0.2, 0.25) is 0 Å². The number of hydrogen-bond donors (Lipinski definition) is 1. The summed E-state index contributed by atoms with van der Waals surface area (Å²) >= 11 is 6.06. The number of carbonyl (C=O) groups is 1. The Hall–Kier alpha value is -3.11. The second kappa shape index (κ2) is 8.83. The summed E-state index contributed by atoms with van der Waals surface area (Å²) in [5, 5.41) is 4.54. The van der Waals surface area contributed by atoms with Crippen molar-refractivity contribution in [2.75, 3.05) is 0 Å². The first-order valence-corrected chi connectivity index (χ1v) is 8.45. The van der Waals surface area contributed by atoms with Crippen LogP contribution >= 0.6 is 11.6 Å². The van der Waals surface area contributed by atoms with Crippen molar-refractivity contribution < 1.29 is 9.53 Å². The summed E-state index contributed by atoms with van der Waals surface area (Å²) in [6, 6.07) is 24.1. The highest BCUT2D eigenvalue weighted by Gasteiger charge is 2.11. The predicted molar refractivity (Wildman–Crippen MR) is 104 cm³/mol. The molecular formula is C21H17ClN2O2. The molecule has 0 radical (unpaired) electrons. The van der Waals surface area contributed by atoms with E-state index in [0.717, 1.165) is 11.1 Å². The van der Waals surface area contributed by atoms with Crippen molar-refractivity contribution in [1.29, 1.82) is 0 Å². The lowest BCUT2D eigenvalue weighted by molar-refractivity contribution is 0.0950. The van der Waals surface area contributed by atoms with E-state index in [1.165, 1.54) is 6.21 Å². The average molecular weight is 365 g/mol. The molecule has 0 aliphatic heterocycles. The SMILES string of the molecule is O=C(N/N=C/c1ccccc1Cl)c1ccccc1OCc1ccccc1. The third-order valence-corrected chi connectivity index (χ3v) is 3.99. The van der Waals surface area contributed by atoms with Crippen LogP contribution in [0.3, 0.4) is 0 Å². The molecule has 0 aromatic heterocycles. The van der Waals surface area contributed by atoms with Gasteiger partial charge in [0, 0.05) is 10.6 Å². The molecule has 3 rings (SSSR count). The molecule has 0 spiro atoms. The van der Waals surface area contributed by atoms with Gasteiger partial charge in [-0.25, -0.2) is 5.43 Å². The molecule has 0 aliphatic carbocycles. The van der Waals surface area contributed by atoms with Gasteiger partial charge in [-0.2, -0.15) is 5.10 Å². The Bertz CT molecular complexity index is 911. The molecule has 0 unspecified atom stereocenters. The number of hydrogen-bond acceptors (Lipinski definition) is 3. The maximum atomic E-state index is 12.4. The van der Waals surface area contributed by atoms with Crippen LogP contribution in [0.2, 0.25) is 5.02 Å². The van der Waals surface area contributed by atoms with Crippen molar-refractivity contribution in [3.05, 3.63) is 101 Å². The first kappa shape index (κ1) is 17.7. The number of amides is 1. The third kappa shape index (κ3) is 4.71. The molecule has 3 aromatic carbocycles. The molecule has 0 fully saturated rings. The van der Waals surface area contributed by atoms with E-state index in [2.05, 4.69) is 10.5 Å². The largest absolute Gasteiger partial charge is 0.488 e. The summed E-state index contributed by atoms with van der Waals surface area (Å²) in [5.74, 6) is 0.152. The summed E-state index contributed by atoms with van der Waals surface area (Å²) in [5.41, 5.74) is 4.67. The first-order valence-electron chi connectivity index (χ1n) is 8.08. The minimum absolute atomic E-state index is 0.350. The van der Waals surface area contributed by atoms with Crippen molar-refractivity contribution in [2.45, 2.75) is 6.61 Å². The minimum Gasteiger partial charge on any atom is -0.488 e. The Labute approximate surface area is 157 Å². The topological polar surface area (TPSA) is 50.7 Å².